The number of halogens is 2. The summed E-state index contributed by atoms with van der Waals surface area (Å²) in [5.41, 5.74) is 1.81. The van der Waals surface area contributed by atoms with Gasteiger partial charge in [-0.3, -0.25) is 4.79 Å². The highest BCUT2D eigenvalue weighted by Crippen LogP contribution is 2.27. The molecule has 32 heavy (non-hydrogen) atoms. The third-order valence-corrected chi connectivity index (χ3v) is 5.16. The molecule has 3 aromatic rings. The molecule has 6 nitrogen and oxygen atoms in total. The van der Waals surface area contributed by atoms with Crippen molar-refractivity contribution in [1.29, 1.82) is 0 Å². The second kappa shape index (κ2) is 10.2. The molecule has 1 aromatic heterocycles. The molecule has 1 saturated heterocycles. The molecule has 1 amide bonds. The molecule has 0 bridgehead atoms. The average Bonchev–Trinajstić information content (AvgIpc) is 2.81. The molecule has 1 aliphatic heterocycles. The number of carbonyl (C=O) groups is 1. The van der Waals surface area contributed by atoms with Gasteiger partial charge in [0.1, 0.15) is 17.5 Å². The third kappa shape index (κ3) is 5.59. The van der Waals surface area contributed by atoms with Crippen LogP contribution in [0.2, 0.25) is 0 Å². The molecule has 0 unspecified atom stereocenters. The van der Waals surface area contributed by atoms with Gasteiger partial charge in [0.25, 0.3) is 0 Å². The Labute approximate surface area is 185 Å². The highest BCUT2D eigenvalue weighted by atomic mass is 19.1. The first kappa shape index (κ1) is 21.7. The number of pyridine rings is 1. The van der Waals surface area contributed by atoms with Crippen LogP contribution in [-0.4, -0.2) is 37.2 Å². The van der Waals surface area contributed by atoms with Gasteiger partial charge < -0.3 is 20.3 Å². The Balaban J connectivity index is 1.50. The Kier molecular flexibility index (Phi) is 6.91. The van der Waals surface area contributed by atoms with Crippen LogP contribution in [0.1, 0.15) is 11.1 Å². The van der Waals surface area contributed by atoms with Crippen molar-refractivity contribution >= 4 is 23.2 Å². The summed E-state index contributed by atoms with van der Waals surface area (Å²) in [6.07, 6.45) is -0.0697. The van der Waals surface area contributed by atoms with E-state index in [-0.39, 0.29) is 18.1 Å². The van der Waals surface area contributed by atoms with E-state index in [0.717, 1.165) is 5.56 Å². The van der Waals surface area contributed by atoms with Gasteiger partial charge in [0.05, 0.1) is 25.3 Å². The summed E-state index contributed by atoms with van der Waals surface area (Å²) in [4.78, 5) is 19.3. The van der Waals surface area contributed by atoms with Crippen LogP contribution >= 0.6 is 0 Å². The number of hydrogen-bond acceptors (Lipinski definition) is 5. The number of hydrogen-bond donors (Lipinski definition) is 2. The van der Waals surface area contributed by atoms with Crippen molar-refractivity contribution in [1.82, 2.24) is 4.98 Å². The van der Waals surface area contributed by atoms with Gasteiger partial charge in [-0.25, -0.2) is 13.8 Å². The maximum absolute atomic E-state index is 13.9. The Bertz CT molecular complexity index is 1070. The molecular weight excluding hydrogens is 414 g/mol. The number of ether oxygens (including phenoxy) is 1. The molecule has 8 heteroatoms. The number of nitrogens with zero attached hydrogens (tertiary/aromatic N) is 2. The van der Waals surface area contributed by atoms with Crippen LogP contribution < -0.4 is 15.5 Å². The fourth-order valence-electron chi connectivity index (χ4n) is 3.46. The molecule has 0 radical (unpaired) electrons. The smallest absolute Gasteiger partial charge is 0.229 e. The van der Waals surface area contributed by atoms with Crippen LogP contribution in [0.4, 0.5) is 26.1 Å². The number of morpholine rings is 1. The maximum Gasteiger partial charge on any atom is 0.229 e. The van der Waals surface area contributed by atoms with E-state index in [2.05, 4.69) is 10.6 Å². The highest BCUT2D eigenvalue weighted by molar-refractivity contribution is 5.95. The lowest BCUT2D eigenvalue weighted by Crippen LogP contribution is -2.37. The van der Waals surface area contributed by atoms with Gasteiger partial charge in [0.15, 0.2) is 5.82 Å². The molecule has 2 N–H and O–H groups in total. The summed E-state index contributed by atoms with van der Waals surface area (Å²) in [7, 11) is 0. The predicted molar refractivity (Wildman–Crippen MR) is 120 cm³/mol. The summed E-state index contributed by atoms with van der Waals surface area (Å²) in [6.45, 7) is 2.90. The number of nitrogens with one attached hydrogen (secondary N) is 2. The van der Waals surface area contributed by atoms with Crippen LogP contribution in [0.25, 0.3) is 0 Å². The van der Waals surface area contributed by atoms with E-state index in [4.69, 9.17) is 9.72 Å². The maximum atomic E-state index is 13.9. The third-order valence-electron chi connectivity index (χ3n) is 5.16. The van der Waals surface area contributed by atoms with Crippen molar-refractivity contribution in [3.8, 4) is 0 Å². The summed E-state index contributed by atoms with van der Waals surface area (Å²) >= 11 is 0. The Morgan fingerprint density at radius 3 is 2.50 bits per heavy atom. The van der Waals surface area contributed by atoms with Crippen molar-refractivity contribution in [3.05, 3.63) is 83.4 Å². The van der Waals surface area contributed by atoms with E-state index in [0.29, 0.717) is 55.7 Å². The van der Waals surface area contributed by atoms with Gasteiger partial charge in [-0.1, -0.05) is 30.3 Å². The molecule has 0 saturated carbocycles. The average molecular weight is 438 g/mol. The fourth-order valence-corrected chi connectivity index (χ4v) is 3.46. The van der Waals surface area contributed by atoms with Crippen LogP contribution in [0.15, 0.2) is 60.7 Å². The Hall–Kier alpha value is -3.52. The normalized spacial score (nSPS) is 13.6. The minimum Gasteiger partial charge on any atom is -0.378 e. The summed E-state index contributed by atoms with van der Waals surface area (Å²) < 4.78 is 32.5. The monoisotopic (exact) mass is 438 g/mol. The number of aromatic nitrogens is 1. The topological polar surface area (TPSA) is 66.5 Å². The lowest BCUT2D eigenvalue weighted by molar-refractivity contribution is -0.115. The van der Waals surface area contributed by atoms with E-state index in [1.807, 2.05) is 4.90 Å². The molecule has 1 aliphatic rings. The largest absolute Gasteiger partial charge is 0.378 e. The fraction of sp³-hybridized carbons (Fsp3) is 0.250. The summed E-state index contributed by atoms with van der Waals surface area (Å²) in [5, 5.41) is 6.10. The zero-order chi connectivity index (χ0) is 22.3. The van der Waals surface area contributed by atoms with Crippen molar-refractivity contribution in [3.63, 3.8) is 0 Å². The van der Waals surface area contributed by atoms with Gasteiger partial charge in [0.2, 0.25) is 5.91 Å². The lowest BCUT2D eigenvalue weighted by atomic mass is 10.1. The van der Waals surface area contributed by atoms with Crippen molar-refractivity contribution in [2.45, 2.75) is 13.0 Å². The number of carbonyl (C=O) groups excluding carboxylic acids is 1. The first-order chi connectivity index (χ1) is 15.6. The molecule has 0 spiro atoms. The molecule has 2 aromatic carbocycles. The molecule has 0 aliphatic carbocycles. The van der Waals surface area contributed by atoms with E-state index in [1.54, 1.807) is 42.5 Å². The zero-order valence-electron chi connectivity index (χ0n) is 17.5. The van der Waals surface area contributed by atoms with Gasteiger partial charge in [0, 0.05) is 19.6 Å². The Morgan fingerprint density at radius 2 is 1.75 bits per heavy atom. The van der Waals surface area contributed by atoms with Gasteiger partial charge in [-0.15, -0.1) is 0 Å². The van der Waals surface area contributed by atoms with Crippen LogP contribution in [-0.2, 0) is 22.5 Å². The van der Waals surface area contributed by atoms with E-state index < -0.39 is 5.82 Å². The van der Waals surface area contributed by atoms with E-state index in [1.165, 1.54) is 18.2 Å². The quantitative estimate of drug-likeness (QED) is 0.584. The SMILES string of the molecule is O=C(Cc1ccccc1F)Nc1ccc(NCc2ccc(F)cc2)nc1N1CCOCC1. The second-order valence-corrected chi connectivity index (χ2v) is 7.46. The van der Waals surface area contributed by atoms with Gasteiger partial charge in [-0.2, -0.15) is 0 Å². The number of rotatable bonds is 7. The van der Waals surface area contributed by atoms with Gasteiger partial charge in [-0.05, 0) is 41.5 Å². The molecule has 2 heterocycles. The van der Waals surface area contributed by atoms with E-state index >= 15 is 0 Å². The number of anilines is 3. The first-order valence-corrected chi connectivity index (χ1v) is 10.4. The molecule has 0 atom stereocenters. The molecule has 166 valence electrons. The molecule has 4 rings (SSSR count). The molecular formula is C24H24F2N4O2. The standard InChI is InChI=1S/C24H24F2N4O2/c25-19-7-5-17(6-8-19)16-27-22-10-9-21(24(29-22)30-11-13-32-14-12-30)28-23(31)15-18-3-1-2-4-20(18)26/h1-10H,11-16H2,(H,27,29)(H,28,31). The summed E-state index contributed by atoms with van der Waals surface area (Å²) in [5.74, 6) is 0.243. The van der Waals surface area contributed by atoms with Crippen molar-refractivity contribution < 1.29 is 18.3 Å². The first-order valence-electron chi connectivity index (χ1n) is 10.4. The van der Waals surface area contributed by atoms with Gasteiger partial charge >= 0.3 is 0 Å². The zero-order valence-corrected chi connectivity index (χ0v) is 17.5. The minimum atomic E-state index is -0.408. The second-order valence-electron chi connectivity index (χ2n) is 7.46. The number of amides is 1. The van der Waals surface area contributed by atoms with Crippen molar-refractivity contribution in [2.24, 2.45) is 0 Å². The minimum absolute atomic E-state index is 0.0697. The number of benzene rings is 2. The van der Waals surface area contributed by atoms with Crippen molar-refractivity contribution in [2.75, 3.05) is 41.8 Å². The predicted octanol–water partition coefficient (Wildman–Crippen LogP) is 3.99. The van der Waals surface area contributed by atoms with Crippen LogP contribution in [0, 0.1) is 11.6 Å². The van der Waals surface area contributed by atoms with Crippen LogP contribution in [0.5, 0.6) is 0 Å². The Morgan fingerprint density at radius 1 is 1.00 bits per heavy atom. The van der Waals surface area contributed by atoms with Crippen LogP contribution in [0.3, 0.4) is 0 Å². The van der Waals surface area contributed by atoms with E-state index in [9.17, 15) is 13.6 Å². The summed E-state index contributed by atoms with van der Waals surface area (Å²) in [6, 6.07) is 16.0. The highest BCUT2D eigenvalue weighted by Gasteiger charge is 2.19. The molecule has 1 fully saturated rings. The lowest BCUT2D eigenvalue weighted by Gasteiger charge is -2.29.